The second-order valence-electron chi connectivity index (χ2n) is 5.96. The summed E-state index contributed by atoms with van der Waals surface area (Å²) in [5, 5.41) is 6.40. The first-order chi connectivity index (χ1) is 10.2. The molecule has 1 aromatic rings. The van der Waals surface area contributed by atoms with Crippen LogP contribution in [0.2, 0.25) is 0 Å². The molecule has 1 saturated heterocycles. The van der Waals surface area contributed by atoms with Gasteiger partial charge in [-0.3, -0.25) is 4.79 Å². The second kappa shape index (κ2) is 7.57. The molecular formula is C17H26N2O2. The molecule has 0 radical (unpaired) electrons. The Kier molecular flexibility index (Phi) is 5.76. The number of piperidine rings is 1. The lowest BCUT2D eigenvalue weighted by Gasteiger charge is -2.35. The number of aryl methyl sites for hydroxylation is 1. The fraction of sp³-hybridized carbons (Fsp3) is 0.588. The molecule has 0 saturated carbocycles. The highest BCUT2D eigenvalue weighted by Crippen LogP contribution is 2.29. The lowest BCUT2D eigenvalue weighted by Crippen LogP contribution is -2.50. The molecule has 1 heterocycles. The van der Waals surface area contributed by atoms with Gasteiger partial charge in [-0.2, -0.15) is 0 Å². The van der Waals surface area contributed by atoms with Gasteiger partial charge in [0.25, 0.3) is 0 Å². The van der Waals surface area contributed by atoms with E-state index in [4.69, 9.17) is 4.74 Å². The van der Waals surface area contributed by atoms with Gasteiger partial charge in [-0.05, 0) is 44.8 Å². The van der Waals surface area contributed by atoms with Gasteiger partial charge in [-0.1, -0.05) is 29.8 Å². The van der Waals surface area contributed by atoms with Crippen molar-refractivity contribution >= 4 is 5.91 Å². The van der Waals surface area contributed by atoms with Gasteiger partial charge in [0, 0.05) is 13.7 Å². The van der Waals surface area contributed by atoms with Crippen LogP contribution in [-0.4, -0.2) is 39.3 Å². The summed E-state index contributed by atoms with van der Waals surface area (Å²) in [6, 6.07) is 8.42. The number of ether oxygens (including phenoxy) is 1. The third kappa shape index (κ3) is 4.29. The average Bonchev–Trinajstić information content (AvgIpc) is 2.48. The molecule has 4 nitrogen and oxygen atoms in total. The Bertz CT molecular complexity index is 462. The zero-order chi connectivity index (χ0) is 15.1. The number of nitrogens with one attached hydrogen (secondary N) is 2. The molecule has 1 aromatic carbocycles. The highest BCUT2D eigenvalue weighted by Gasteiger charge is 2.39. The quantitative estimate of drug-likeness (QED) is 0.838. The van der Waals surface area contributed by atoms with Crippen molar-refractivity contribution in [2.24, 2.45) is 5.41 Å². The van der Waals surface area contributed by atoms with Crippen LogP contribution in [0.1, 0.15) is 24.0 Å². The van der Waals surface area contributed by atoms with E-state index < -0.39 is 0 Å². The molecule has 1 amide bonds. The summed E-state index contributed by atoms with van der Waals surface area (Å²) < 4.78 is 5.30. The SMILES string of the molecule is COCC1(C(=O)NCCc2cccc(C)c2)CCNCC1. The highest BCUT2D eigenvalue weighted by molar-refractivity contribution is 5.83. The Hall–Kier alpha value is -1.39. The van der Waals surface area contributed by atoms with Gasteiger partial charge in [0.15, 0.2) is 0 Å². The third-order valence-electron chi connectivity index (χ3n) is 4.24. The van der Waals surface area contributed by atoms with Crippen LogP contribution in [0.4, 0.5) is 0 Å². The molecule has 4 heteroatoms. The summed E-state index contributed by atoms with van der Waals surface area (Å²) in [4.78, 5) is 12.5. The Morgan fingerprint density at radius 2 is 2.14 bits per heavy atom. The van der Waals surface area contributed by atoms with Crippen LogP contribution in [0.3, 0.4) is 0 Å². The standard InChI is InChI=1S/C17H26N2O2/c1-14-4-3-5-15(12-14)6-9-19-16(20)17(13-21-2)7-10-18-11-8-17/h3-5,12,18H,6-11,13H2,1-2H3,(H,19,20). The van der Waals surface area contributed by atoms with E-state index in [9.17, 15) is 4.79 Å². The van der Waals surface area contributed by atoms with E-state index in [1.54, 1.807) is 7.11 Å². The first-order valence-corrected chi connectivity index (χ1v) is 7.70. The maximum absolute atomic E-state index is 12.5. The summed E-state index contributed by atoms with van der Waals surface area (Å²) in [5.74, 6) is 0.138. The number of carbonyl (C=O) groups excluding carboxylic acids is 1. The number of hydrogen-bond donors (Lipinski definition) is 2. The molecule has 1 aliphatic heterocycles. The third-order valence-corrected chi connectivity index (χ3v) is 4.24. The minimum absolute atomic E-state index is 0.138. The van der Waals surface area contributed by atoms with Crippen molar-refractivity contribution in [3.63, 3.8) is 0 Å². The second-order valence-corrected chi connectivity index (χ2v) is 5.96. The van der Waals surface area contributed by atoms with E-state index in [1.165, 1.54) is 11.1 Å². The molecule has 0 unspecified atom stereocenters. The van der Waals surface area contributed by atoms with Gasteiger partial charge in [0.1, 0.15) is 0 Å². The average molecular weight is 290 g/mol. The van der Waals surface area contributed by atoms with E-state index in [0.29, 0.717) is 13.2 Å². The molecule has 2 rings (SSSR count). The molecule has 116 valence electrons. The first kappa shape index (κ1) is 16.0. The normalized spacial score (nSPS) is 17.4. The predicted octanol–water partition coefficient (Wildman–Crippen LogP) is 1.67. The molecule has 0 aromatic heterocycles. The minimum Gasteiger partial charge on any atom is -0.384 e. The predicted molar refractivity (Wildman–Crippen MR) is 84.3 cm³/mol. The van der Waals surface area contributed by atoms with Crippen LogP contribution >= 0.6 is 0 Å². The lowest BCUT2D eigenvalue weighted by atomic mass is 9.78. The molecule has 1 fully saturated rings. The smallest absolute Gasteiger partial charge is 0.228 e. The molecule has 1 aliphatic rings. The highest BCUT2D eigenvalue weighted by atomic mass is 16.5. The number of hydrogen-bond acceptors (Lipinski definition) is 3. The Labute approximate surface area is 127 Å². The fourth-order valence-corrected chi connectivity index (χ4v) is 2.99. The maximum Gasteiger partial charge on any atom is 0.228 e. The van der Waals surface area contributed by atoms with E-state index in [2.05, 4.69) is 41.8 Å². The van der Waals surface area contributed by atoms with Crippen molar-refractivity contribution in [2.75, 3.05) is 33.4 Å². The van der Waals surface area contributed by atoms with Crippen molar-refractivity contribution in [1.82, 2.24) is 10.6 Å². The van der Waals surface area contributed by atoms with Gasteiger partial charge < -0.3 is 15.4 Å². The summed E-state index contributed by atoms with van der Waals surface area (Å²) in [7, 11) is 1.67. The van der Waals surface area contributed by atoms with Crippen molar-refractivity contribution in [3.8, 4) is 0 Å². The van der Waals surface area contributed by atoms with Crippen molar-refractivity contribution in [1.29, 1.82) is 0 Å². The van der Waals surface area contributed by atoms with Crippen molar-refractivity contribution < 1.29 is 9.53 Å². The van der Waals surface area contributed by atoms with E-state index in [0.717, 1.165) is 32.4 Å². The molecule has 2 N–H and O–H groups in total. The molecular weight excluding hydrogens is 264 g/mol. The van der Waals surface area contributed by atoms with Crippen LogP contribution in [0, 0.1) is 12.3 Å². The van der Waals surface area contributed by atoms with Crippen LogP contribution in [0.5, 0.6) is 0 Å². The lowest BCUT2D eigenvalue weighted by molar-refractivity contribution is -0.136. The Morgan fingerprint density at radius 1 is 1.38 bits per heavy atom. The van der Waals surface area contributed by atoms with Crippen LogP contribution in [-0.2, 0) is 16.0 Å². The van der Waals surface area contributed by atoms with Gasteiger partial charge in [0.2, 0.25) is 5.91 Å². The topological polar surface area (TPSA) is 50.4 Å². The number of benzene rings is 1. The van der Waals surface area contributed by atoms with Crippen LogP contribution in [0.15, 0.2) is 24.3 Å². The van der Waals surface area contributed by atoms with Crippen LogP contribution < -0.4 is 10.6 Å². The Balaban J connectivity index is 1.87. The van der Waals surface area contributed by atoms with E-state index in [-0.39, 0.29) is 11.3 Å². The zero-order valence-electron chi connectivity index (χ0n) is 13.1. The van der Waals surface area contributed by atoms with Crippen molar-refractivity contribution in [3.05, 3.63) is 35.4 Å². The van der Waals surface area contributed by atoms with Crippen LogP contribution in [0.25, 0.3) is 0 Å². The van der Waals surface area contributed by atoms with Gasteiger partial charge in [0.05, 0.1) is 12.0 Å². The fourth-order valence-electron chi connectivity index (χ4n) is 2.99. The number of methoxy groups -OCH3 is 1. The molecule has 0 bridgehead atoms. The molecule has 0 aliphatic carbocycles. The van der Waals surface area contributed by atoms with Gasteiger partial charge in [-0.15, -0.1) is 0 Å². The molecule has 0 spiro atoms. The minimum atomic E-state index is -0.355. The number of carbonyl (C=O) groups is 1. The molecule has 0 atom stereocenters. The first-order valence-electron chi connectivity index (χ1n) is 7.70. The Morgan fingerprint density at radius 3 is 2.81 bits per heavy atom. The van der Waals surface area contributed by atoms with E-state index >= 15 is 0 Å². The monoisotopic (exact) mass is 290 g/mol. The zero-order valence-corrected chi connectivity index (χ0v) is 13.1. The van der Waals surface area contributed by atoms with Gasteiger partial charge in [-0.25, -0.2) is 0 Å². The molecule has 21 heavy (non-hydrogen) atoms. The summed E-state index contributed by atoms with van der Waals surface area (Å²) in [5.41, 5.74) is 2.17. The largest absolute Gasteiger partial charge is 0.384 e. The van der Waals surface area contributed by atoms with Crippen molar-refractivity contribution in [2.45, 2.75) is 26.2 Å². The maximum atomic E-state index is 12.5. The van der Waals surface area contributed by atoms with E-state index in [1.807, 2.05) is 0 Å². The number of rotatable bonds is 6. The summed E-state index contributed by atoms with van der Waals surface area (Å²) in [6.45, 7) is 5.04. The summed E-state index contributed by atoms with van der Waals surface area (Å²) in [6.07, 6.45) is 2.56. The summed E-state index contributed by atoms with van der Waals surface area (Å²) >= 11 is 0. The number of amides is 1. The van der Waals surface area contributed by atoms with Gasteiger partial charge >= 0.3 is 0 Å².